The first-order valence-corrected chi connectivity index (χ1v) is 8.92. The van der Waals surface area contributed by atoms with Crippen LogP contribution in [-0.4, -0.2) is 23.7 Å². The summed E-state index contributed by atoms with van der Waals surface area (Å²) in [6.45, 7) is 0.200. The Kier molecular flexibility index (Phi) is 5.18. The van der Waals surface area contributed by atoms with Crippen molar-refractivity contribution < 1.29 is 18.7 Å². The van der Waals surface area contributed by atoms with E-state index in [1.807, 2.05) is 0 Å². The standard InChI is InChI=1S/C19H25F2NO2/c20-14-5-8-16(17(21)11-14)19(9-1-2-10-19)18(24)22-15-6-3-13(12-23)4-7-15/h5,8,11,13,15,23H,1-4,6-7,9-10,12H2,(H,22,24). The van der Waals surface area contributed by atoms with Crippen LogP contribution >= 0.6 is 0 Å². The van der Waals surface area contributed by atoms with E-state index in [2.05, 4.69) is 5.32 Å². The lowest BCUT2D eigenvalue weighted by Gasteiger charge is -2.34. The molecule has 2 saturated carbocycles. The van der Waals surface area contributed by atoms with Crippen molar-refractivity contribution in [3.8, 4) is 0 Å². The second-order valence-electron chi connectivity index (χ2n) is 7.29. The molecule has 0 aliphatic heterocycles. The van der Waals surface area contributed by atoms with Crippen LogP contribution in [0.2, 0.25) is 0 Å². The van der Waals surface area contributed by atoms with Crippen LogP contribution in [-0.2, 0) is 10.2 Å². The number of amides is 1. The fourth-order valence-corrected chi connectivity index (χ4v) is 4.29. The molecular formula is C19H25F2NO2. The van der Waals surface area contributed by atoms with Crippen LogP contribution in [0.5, 0.6) is 0 Å². The minimum Gasteiger partial charge on any atom is -0.396 e. The summed E-state index contributed by atoms with van der Waals surface area (Å²) in [5, 5.41) is 12.3. The van der Waals surface area contributed by atoms with Gasteiger partial charge in [0, 0.05) is 24.3 Å². The zero-order valence-electron chi connectivity index (χ0n) is 13.9. The van der Waals surface area contributed by atoms with E-state index in [9.17, 15) is 18.7 Å². The third-order valence-corrected chi connectivity index (χ3v) is 5.78. The Labute approximate surface area is 141 Å². The second kappa shape index (κ2) is 7.18. The van der Waals surface area contributed by atoms with Crippen LogP contribution in [0.1, 0.15) is 56.9 Å². The van der Waals surface area contributed by atoms with Crippen LogP contribution in [0.15, 0.2) is 18.2 Å². The van der Waals surface area contributed by atoms with Gasteiger partial charge in [0.2, 0.25) is 5.91 Å². The average Bonchev–Trinajstić information content (AvgIpc) is 3.06. The molecule has 0 aromatic heterocycles. The molecule has 0 saturated heterocycles. The number of aliphatic hydroxyl groups is 1. The van der Waals surface area contributed by atoms with E-state index in [1.54, 1.807) is 0 Å². The van der Waals surface area contributed by atoms with Crippen LogP contribution in [0, 0.1) is 17.6 Å². The van der Waals surface area contributed by atoms with Gasteiger partial charge in [-0.25, -0.2) is 8.78 Å². The first kappa shape index (κ1) is 17.3. The van der Waals surface area contributed by atoms with Crippen LogP contribution in [0.4, 0.5) is 8.78 Å². The SMILES string of the molecule is O=C(NC1CCC(CO)CC1)C1(c2ccc(F)cc2F)CCCC1. The van der Waals surface area contributed by atoms with E-state index in [1.165, 1.54) is 12.1 Å². The number of carbonyl (C=O) groups is 1. The number of benzene rings is 1. The Morgan fingerprint density at radius 1 is 1.17 bits per heavy atom. The number of carbonyl (C=O) groups excluding carboxylic acids is 1. The van der Waals surface area contributed by atoms with Crippen molar-refractivity contribution in [3.05, 3.63) is 35.4 Å². The van der Waals surface area contributed by atoms with Gasteiger partial charge in [-0.05, 0) is 50.5 Å². The number of hydrogen-bond donors (Lipinski definition) is 2. The summed E-state index contributed by atoms with van der Waals surface area (Å²) in [6, 6.07) is 3.62. The van der Waals surface area contributed by atoms with Gasteiger partial charge in [-0.1, -0.05) is 18.9 Å². The maximum Gasteiger partial charge on any atom is 0.230 e. The predicted octanol–water partition coefficient (Wildman–Crippen LogP) is 3.44. The van der Waals surface area contributed by atoms with Crippen LogP contribution < -0.4 is 5.32 Å². The van der Waals surface area contributed by atoms with Crippen LogP contribution in [0.25, 0.3) is 0 Å². The van der Waals surface area contributed by atoms with Gasteiger partial charge >= 0.3 is 0 Å². The van der Waals surface area contributed by atoms with Crippen molar-refractivity contribution in [1.29, 1.82) is 0 Å². The van der Waals surface area contributed by atoms with Gasteiger partial charge in [0.15, 0.2) is 0 Å². The number of rotatable bonds is 4. The molecule has 2 fully saturated rings. The molecule has 2 aliphatic carbocycles. The number of hydrogen-bond acceptors (Lipinski definition) is 2. The van der Waals surface area contributed by atoms with E-state index < -0.39 is 17.0 Å². The minimum atomic E-state index is -0.869. The molecule has 1 amide bonds. The van der Waals surface area contributed by atoms with Gasteiger partial charge in [0.05, 0.1) is 5.41 Å². The van der Waals surface area contributed by atoms with Crippen LogP contribution in [0.3, 0.4) is 0 Å². The Balaban J connectivity index is 1.77. The summed E-state index contributed by atoms with van der Waals surface area (Å²) in [7, 11) is 0. The molecule has 1 aromatic rings. The van der Waals surface area contributed by atoms with Crippen molar-refractivity contribution in [3.63, 3.8) is 0 Å². The molecule has 0 bridgehead atoms. The van der Waals surface area contributed by atoms with E-state index >= 15 is 0 Å². The highest BCUT2D eigenvalue weighted by atomic mass is 19.1. The molecule has 0 spiro atoms. The third kappa shape index (κ3) is 3.32. The highest BCUT2D eigenvalue weighted by Gasteiger charge is 2.45. The number of halogens is 2. The van der Waals surface area contributed by atoms with Gasteiger partial charge in [-0.3, -0.25) is 4.79 Å². The van der Waals surface area contributed by atoms with E-state index in [4.69, 9.17) is 0 Å². The van der Waals surface area contributed by atoms with Crippen molar-refractivity contribution in [2.75, 3.05) is 6.61 Å². The summed E-state index contributed by atoms with van der Waals surface area (Å²) < 4.78 is 27.6. The number of nitrogens with one attached hydrogen (secondary N) is 1. The molecule has 0 radical (unpaired) electrons. The number of aliphatic hydroxyl groups excluding tert-OH is 1. The summed E-state index contributed by atoms with van der Waals surface area (Å²) in [5.41, 5.74) is -0.547. The molecule has 0 unspecified atom stereocenters. The molecule has 132 valence electrons. The zero-order valence-corrected chi connectivity index (χ0v) is 13.9. The van der Waals surface area contributed by atoms with E-state index in [0.29, 0.717) is 24.3 Å². The molecule has 2 aliphatic rings. The average molecular weight is 337 g/mol. The minimum absolute atomic E-state index is 0.0845. The molecule has 0 atom stereocenters. The van der Waals surface area contributed by atoms with Gasteiger partial charge in [-0.2, -0.15) is 0 Å². The molecule has 3 rings (SSSR count). The lowest BCUT2D eigenvalue weighted by Crippen LogP contribution is -2.48. The summed E-state index contributed by atoms with van der Waals surface area (Å²) in [5.74, 6) is -1.05. The maximum absolute atomic E-state index is 14.3. The van der Waals surface area contributed by atoms with Gasteiger partial charge < -0.3 is 10.4 Å². The quantitative estimate of drug-likeness (QED) is 0.884. The largest absolute Gasteiger partial charge is 0.396 e. The van der Waals surface area contributed by atoms with Gasteiger partial charge in [0.25, 0.3) is 0 Å². The Morgan fingerprint density at radius 3 is 2.42 bits per heavy atom. The van der Waals surface area contributed by atoms with Crippen molar-refractivity contribution in [2.24, 2.45) is 5.92 Å². The normalized spacial score (nSPS) is 26.3. The monoisotopic (exact) mass is 337 g/mol. The Hall–Kier alpha value is -1.49. The summed E-state index contributed by atoms with van der Waals surface area (Å²) in [4.78, 5) is 13.0. The molecule has 0 heterocycles. The molecule has 5 heteroatoms. The first-order chi connectivity index (χ1) is 11.5. The fraction of sp³-hybridized carbons (Fsp3) is 0.632. The maximum atomic E-state index is 14.3. The lowest BCUT2D eigenvalue weighted by atomic mass is 9.77. The summed E-state index contributed by atoms with van der Waals surface area (Å²) >= 11 is 0. The molecule has 24 heavy (non-hydrogen) atoms. The van der Waals surface area contributed by atoms with E-state index in [0.717, 1.165) is 44.6 Å². The fourth-order valence-electron chi connectivity index (χ4n) is 4.29. The van der Waals surface area contributed by atoms with Gasteiger partial charge in [-0.15, -0.1) is 0 Å². The van der Waals surface area contributed by atoms with Gasteiger partial charge in [0.1, 0.15) is 11.6 Å². The molecule has 1 aromatic carbocycles. The Bertz CT molecular complexity index is 591. The van der Waals surface area contributed by atoms with Crippen molar-refractivity contribution in [2.45, 2.75) is 62.8 Å². The highest BCUT2D eigenvalue weighted by molar-refractivity contribution is 5.89. The zero-order chi connectivity index (χ0) is 17.2. The van der Waals surface area contributed by atoms with E-state index in [-0.39, 0.29) is 18.6 Å². The molecule has 3 nitrogen and oxygen atoms in total. The lowest BCUT2D eigenvalue weighted by molar-refractivity contribution is -0.127. The summed E-state index contributed by atoms with van der Waals surface area (Å²) in [6.07, 6.45) is 6.46. The molecule has 2 N–H and O–H groups in total. The smallest absolute Gasteiger partial charge is 0.230 e. The predicted molar refractivity (Wildman–Crippen MR) is 87.5 cm³/mol. The Morgan fingerprint density at radius 2 is 1.83 bits per heavy atom. The third-order valence-electron chi connectivity index (χ3n) is 5.78. The first-order valence-electron chi connectivity index (χ1n) is 8.92. The van der Waals surface area contributed by atoms with Crippen molar-refractivity contribution in [1.82, 2.24) is 5.32 Å². The topological polar surface area (TPSA) is 49.3 Å². The second-order valence-corrected chi connectivity index (χ2v) is 7.29. The highest BCUT2D eigenvalue weighted by Crippen LogP contribution is 2.43. The molecular weight excluding hydrogens is 312 g/mol. The van der Waals surface area contributed by atoms with Crippen molar-refractivity contribution >= 4 is 5.91 Å².